The molecule has 0 saturated carbocycles. The van der Waals surface area contributed by atoms with Crippen molar-refractivity contribution in [2.24, 2.45) is 0 Å². The SMILES string of the molecule is c1c[nH]c(C2CCCN(C3CCOCC3)C2)n1. The van der Waals surface area contributed by atoms with Crippen LogP contribution >= 0.6 is 0 Å². The third-order valence-electron chi connectivity index (χ3n) is 4.07. The number of piperidine rings is 1. The number of nitrogens with zero attached hydrogens (tertiary/aromatic N) is 2. The summed E-state index contributed by atoms with van der Waals surface area (Å²) in [6.45, 7) is 4.29. The van der Waals surface area contributed by atoms with Crippen molar-refractivity contribution in [2.45, 2.75) is 37.6 Å². The van der Waals surface area contributed by atoms with Gasteiger partial charge in [0.15, 0.2) is 0 Å². The molecule has 2 fully saturated rings. The first-order valence-corrected chi connectivity index (χ1v) is 6.74. The first-order chi connectivity index (χ1) is 8.43. The minimum atomic E-state index is 0.599. The van der Waals surface area contributed by atoms with E-state index in [2.05, 4.69) is 14.9 Å². The average molecular weight is 235 g/mol. The fourth-order valence-electron chi connectivity index (χ4n) is 3.11. The Bertz CT molecular complexity index is 332. The van der Waals surface area contributed by atoms with Crippen molar-refractivity contribution in [1.82, 2.24) is 14.9 Å². The highest BCUT2D eigenvalue weighted by Crippen LogP contribution is 2.27. The number of hydrogen-bond acceptors (Lipinski definition) is 3. The van der Waals surface area contributed by atoms with E-state index in [9.17, 15) is 0 Å². The normalized spacial score (nSPS) is 28.4. The van der Waals surface area contributed by atoms with Crippen LogP contribution in [0, 0.1) is 0 Å². The van der Waals surface area contributed by atoms with Crippen LogP contribution in [0.25, 0.3) is 0 Å². The molecule has 1 unspecified atom stereocenters. The molecule has 17 heavy (non-hydrogen) atoms. The van der Waals surface area contributed by atoms with Crippen molar-refractivity contribution < 1.29 is 4.74 Å². The summed E-state index contributed by atoms with van der Waals surface area (Å²) in [6, 6.07) is 0.738. The van der Waals surface area contributed by atoms with Crippen LogP contribution in [0.4, 0.5) is 0 Å². The zero-order valence-corrected chi connectivity index (χ0v) is 10.3. The third kappa shape index (κ3) is 2.53. The van der Waals surface area contributed by atoms with E-state index in [4.69, 9.17) is 4.74 Å². The Labute approximate surface area is 102 Å². The molecule has 2 aliphatic heterocycles. The second-order valence-corrected chi connectivity index (χ2v) is 5.15. The van der Waals surface area contributed by atoms with Crippen molar-refractivity contribution in [2.75, 3.05) is 26.3 Å². The maximum absolute atomic E-state index is 5.44. The van der Waals surface area contributed by atoms with Crippen molar-refractivity contribution in [3.8, 4) is 0 Å². The minimum absolute atomic E-state index is 0.599. The van der Waals surface area contributed by atoms with Gasteiger partial charge in [0.2, 0.25) is 0 Å². The average Bonchev–Trinajstić information content (AvgIpc) is 2.94. The number of H-pyrrole nitrogens is 1. The topological polar surface area (TPSA) is 41.2 Å². The highest BCUT2D eigenvalue weighted by atomic mass is 16.5. The number of hydrogen-bond donors (Lipinski definition) is 1. The van der Waals surface area contributed by atoms with Gasteiger partial charge in [-0.2, -0.15) is 0 Å². The first kappa shape index (κ1) is 11.2. The van der Waals surface area contributed by atoms with Crippen LogP contribution < -0.4 is 0 Å². The fourth-order valence-corrected chi connectivity index (χ4v) is 3.11. The van der Waals surface area contributed by atoms with Crippen LogP contribution in [0.15, 0.2) is 12.4 Å². The number of aromatic nitrogens is 2. The van der Waals surface area contributed by atoms with Crippen LogP contribution in [-0.4, -0.2) is 47.2 Å². The lowest BCUT2D eigenvalue weighted by Gasteiger charge is -2.39. The molecule has 0 bridgehead atoms. The van der Waals surface area contributed by atoms with Gasteiger partial charge in [0, 0.05) is 44.1 Å². The highest BCUT2D eigenvalue weighted by molar-refractivity contribution is 5.00. The van der Waals surface area contributed by atoms with Gasteiger partial charge >= 0.3 is 0 Å². The molecule has 1 aromatic heterocycles. The van der Waals surface area contributed by atoms with Gasteiger partial charge in [0.05, 0.1) is 0 Å². The van der Waals surface area contributed by atoms with Gasteiger partial charge in [0.25, 0.3) is 0 Å². The molecule has 0 spiro atoms. The van der Waals surface area contributed by atoms with Crippen LogP contribution in [0.5, 0.6) is 0 Å². The molecule has 4 heteroatoms. The van der Waals surface area contributed by atoms with E-state index in [-0.39, 0.29) is 0 Å². The second kappa shape index (κ2) is 5.19. The van der Waals surface area contributed by atoms with Gasteiger partial charge < -0.3 is 9.72 Å². The summed E-state index contributed by atoms with van der Waals surface area (Å²) in [5.41, 5.74) is 0. The van der Waals surface area contributed by atoms with Gasteiger partial charge in [-0.15, -0.1) is 0 Å². The largest absolute Gasteiger partial charge is 0.381 e. The molecule has 3 heterocycles. The quantitative estimate of drug-likeness (QED) is 0.849. The van der Waals surface area contributed by atoms with Crippen molar-refractivity contribution in [3.05, 3.63) is 18.2 Å². The predicted octanol–water partition coefficient (Wildman–Crippen LogP) is 1.77. The van der Waals surface area contributed by atoms with Gasteiger partial charge in [-0.1, -0.05) is 0 Å². The Morgan fingerprint density at radius 1 is 1.29 bits per heavy atom. The summed E-state index contributed by atoms with van der Waals surface area (Å²) in [7, 11) is 0. The summed E-state index contributed by atoms with van der Waals surface area (Å²) in [5.74, 6) is 1.77. The Morgan fingerprint density at radius 3 is 2.94 bits per heavy atom. The molecule has 0 aromatic carbocycles. The van der Waals surface area contributed by atoms with Crippen LogP contribution in [-0.2, 0) is 4.74 Å². The van der Waals surface area contributed by atoms with E-state index in [1.807, 2.05) is 12.4 Å². The molecule has 94 valence electrons. The van der Waals surface area contributed by atoms with E-state index >= 15 is 0 Å². The van der Waals surface area contributed by atoms with E-state index in [0.29, 0.717) is 5.92 Å². The summed E-state index contributed by atoms with van der Waals surface area (Å²) in [5, 5.41) is 0. The smallest absolute Gasteiger partial charge is 0.110 e. The summed E-state index contributed by atoms with van der Waals surface area (Å²) >= 11 is 0. The molecule has 2 aliphatic rings. The first-order valence-electron chi connectivity index (χ1n) is 6.74. The minimum Gasteiger partial charge on any atom is -0.381 e. The fraction of sp³-hybridized carbons (Fsp3) is 0.769. The lowest BCUT2D eigenvalue weighted by atomic mass is 9.94. The van der Waals surface area contributed by atoms with Gasteiger partial charge in [-0.05, 0) is 32.2 Å². The molecule has 3 rings (SSSR count). The third-order valence-corrected chi connectivity index (χ3v) is 4.07. The van der Waals surface area contributed by atoms with Crippen LogP contribution in [0.3, 0.4) is 0 Å². The monoisotopic (exact) mass is 235 g/mol. The Morgan fingerprint density at radius 2 is 2.18 bits per heavy atom. The van der Waals surface area contributed by atoms with Crippen molar-refractivity contribution in [3.63, 3.8) is 0 Å². The molecule has 1 aromatic rings. The molecular formula is C13H21N3O. The lowest BCUT2D eigenvalue weighted by Crippen LogP contribution is -2.44. The maximum atomic E-state index is 5.44. The second-order valence-electron chi connectivity index (χ2n) is 5.15. The zero-order chi connectivity index (χ0) is 11.5. The molecule has 1 N–H and O–H groups in total. The zero-order valence-electron chi connectivity index (χ0n) is 10.3. The lowest BCUT2D eigenvalue weighted by molar-refractivity contribution is 0.0235. The van der Waals surface area contributed by atoms with E-state index < -0.39 is 0 Å². The number of rotatable bonds is 2. The standard InChI is InChI=1S/C13H21N3O/c1-2-11(13-14-5-6-15-13)10-16(7-1)12-3-8-17-9-4-12/h5-6,11-12H,1-4,7-10H2,(H,14,15). The molecular weight excluding hydrogens is 214 g/mol. The number of imidazole rings is 1. The molecule has 0 amide bonds. The van der Waals surface area contributed by atoms with Crippen molar-refractivity contribution in [1.29, 1.82) is 0 Å². The predicted molar refractivity (Wildman–Crippen MR) is 66.0 cm³/mol. The number of aromatic amines is 1. The van der Waals surface area contributed by atoms with Gasteiger partial charge in [-0.3, -0.25) is 4.90 Å². The van der Waals surface area contributed by atoms with Crippen molar-refractivity contribution >= 4 is 0 Å². The molecule has 0 radical (unpaired) electrons. The molecule has 1 atom stereocenters. The van der Waals surface area contributed by atoms with Gasteiger partial charge in [0.1, 0.15) is 5.82 Å². The summed E-state index contributed by atoms with van der Waals surface area (Å²) in [6.07, 6.45) is 8.76. The van der Waals surface area contributed by atoms with Crippen LogP contribution in [0.1, 0.15) is 37.4 Å². The molecule has 0 aliphatic carbocycles. The Kier molecular flexibility index (Phi) is 3.43. The highest BCUT2D eigenvalue weighted by Gasteiger charge is 2.28. The number of nitrogens with one attached hydrogen (secondary N) is 1. The maximum Gasteiger partial charge on any atom is 0.110 e. The molecule has 4 nitrogen and oxygen atoms in total. The molecule has 2 saturated heterocycles. The van der Waals surface area contributed by atoms with E-state index in [1.54, 1.807) is 0 Å². The van der Waals surface area contributed by atoms with E-state index in [1.165, 1.54) is 38.1 Å². The summed E-state index contributed by atoms with van der Waals surface area (Å²) in [4.78, 5) is 10.3. The van der Waals surface area contributed by atoms with E-state index in [0.717, 1.165) is 25.8 Å². The number of likely N-dealkylation sites (tertiary alicyclic amines) is 1. The van der Waals surface area contributed by atoms with Crippen LogP contribution in [0.2, 0.25) is 0 Å². The number of ether oxygens (including phenoxy) is 1. The Balaban J connectivity index is 1.63. The summed E-state index contributed by atoms with van der Waals surface area (Å²) < 4.78 is 5.44. The van der Waals surface area contributed by atoms with Gasteiger partial charge in [-0.25, -0.2) is 4.98 Å². The Hall–Kier alpha value is -0.870.